The van der Waals surface area contributed by atoms with E-state index in [1.165, 1.54) is 5.56 Å². The second-order valence-corrected chi connectivity index (χ2v) is 6.86. The number of hydrogen-bond donors (Lipinski definition) is 1. The van der Waals surface area contributed by atoms with E-state index >= 15 is 0 Å². The Morgan fingerprint density at radius 1 is 1.18 bits per heavy atom. The lowest BCUT2D eigenvalue weighted by molar-refractivity contribution is 0.171. The number of aryl methyl sites for hydroxylation is 1. The average Bonchev–Trinajstić information content (AvgIpc) is 3.34. The molecule has 1 aromatic heterocycles. The summed E-state index contributed by atoms with van der Waals surface area (Å²) in [5.41, 5.74) is 1.24. The fourth-order valence-corrected chi connectivity index (χ4v) is 3.39. The van der Waals surface area contributed by atoms with Gasteiger partial charge in [0.1, 0.15) is 6.54 Å². The normalized spacial score (nSPS) is 17.2. The van der Waals surface area contributed by atoms with Crippen LogP contribution in [0.15, 0.2) is 27.7 Å². The zero-order valence-electron chi connectivity index (χ0n) is 16.3. The van der Waals surface area contributed by atoms with E-state index in [4.69, 9.17) is 14.0 Å². The molecule has 2 aliphatic heterocycles. The first kappa shape index (κ1) is 18.5. The van der Waals surface area contributed by atoms with Gasteiger partial charge in [-0.25, -0.2) is 4.99 Å². The third kappa shape index (κ3) is 4.36. The summed E-state index contributed by atoms with van der Waals surface area (Å²) in [5.74, 6) is 3.73. The van der Waals surface area contributed by atoms with E-state index in [2.05, 4.69) is 49.3 Å². The standard InChI is InChI=1S/C19H26N6O3/c1-3-20-19(21-11-18-22-14(2)23-28-18)25-8-6-24(7-9-25)12-15-4-5-16-17(10-15)27-13-26-16/h4-5,10H,3,6-9,11-13H2,1-2H3,(H,20,21). The van der Waals surface area contributed by atoms with Gasteiger partial charge in [0.15, 0.2) is 23.3 Å². The van der Waals surface area contributed by atoms with Gasteiger partial charge in [0, 0.05) is 39.3 Å². The number of piperazine rings is 1. The molecule has 0 aliphatic carbocycles. The van der Waals surface area contributed by atoms with Gasteiger partial charge in [-0.2, -0.15) is 4.98 Å². The third-order valence-electron chi connectivity index (χ3n) is 4.78. The monoisotopic (exact) mass is 386 g/mol. The van der Waals surface area contributed by atoms with Gasteiger partial charge in [-0.05, 0) is 31.5 Å². The van der Waals surface area contributed by atoms with E-state index in [1.807, 2.05) is 6.07 Å². The van der Waals surface area contributed by atoms with E-state index in [9.17, 15) is 0 Å². The molecule has 0 spiro atoms. The number of guanidine groups is 1. The van der Waals surface area contributed by atoms with E-state index in [1.54, 1.807) is 6.92 Å². The summed E-state index contributed by atoms with van der Waals surface area (Å²) in [4.78, 5) is 13.6. The topological polar surface area (TPSA) is 88.2 Å². The van der Waals surface area contributed by atoms with Crippen LogP contribution in [0, 0.1) is 6.92 Å². The summed E-state index contributed by atoms with van der Waals surface area (Å²) in [5, 5.41) is 7.17. The number of nitrogens with zero attached hydrogens (tertiary/aromatic N) is 5. The van der Waals surface area contributed by atoms with Crippen molar-refractivity contribution in [1.29, 1.82) is 0 Å². The van der Waals surface area contributed by atoms with Gasteiger partial charge in [-0.3, -0.25) is 4.90 Å². The summed E-state index contributed by atoms with van der Waals surface area (Å²) in [6.07, 6.45) is 0. The molecule has 150 valence electrons. The highest BCUT2D eigenvalue weighted by atomic mass is 16.7. The van der Waals surface area contributed by atoms with Crippen molar-refractivity contribution in [2.24, 2.45) is 4.99 Å². The first-order valence-corrected chi connectivity index (χ1v) is 9.64. The number of fused-ring (bicyclic) bond motifs is 1. The molecule has 1 fully saturated rings. The molecule has 0 saturated carbocycles. The molecule has 3 heterocycles. The second-order valence-electron chi connectivity index (χ2n) is 6.86. The van der Waals surface area contributed by atoms with Gasteiger partial charge < -0.3 is 24.2 Å². The highest BCUT2D eigenvalue weighted by molar-refractivity contribution is 5.80. The minimum atomic E-state index is 0.313. The molecule has 2 aromatic rings. The Bertz CT molecular complexity index is 829. The summed E-state index contributed by atoms with van der Waals surface area (Å²) in [6, 6.07) is 6.17. The van der Waals surface area contributed by atoms with Crippen molar-refractivity contribution in [1.82, 2.24) is 25.3 Å². The Hall–Kier alpha value is -2.81. The summed E-state index contributed by atoms with van der Waals surface area (Å²) in [7, 11) is 0. The minimum absolute atomic E-state index is 0.313. The number of benzene rings is 1. The first-order valence-electron chi connectivity index (χ1n) is 9.64. The Morgan fingerprint density at radius 2 is 2.00 bits per heavy atom. The van der Waals surface area contributed by atoms with Crippen molar-refractivity contribution in [3.05, 3.63) is 35.5 Å². The molecule has 0 amide bonds. The third-order valence-corrected chi connectivity index (χ3v) is 4.78. The van der Waals surface area contributed by atoms with E-state index < -0.39 is 0 Å². The summed E-state index contributed by atoms with van der Waals surface area (Å²) >= 11 is 0. The zero-order valence-corrected chi connectivity index (χ0v) is 16.3. The van der Waals surface area contributed by atoms with E-state index in [-0.39, 0.29) is 0 Å². The van der Waals surface area contributed by atoms with Gasteiger partial charge in [-0.1, -0.05) is 11.2 Å². The summed E-state index contributed by atoms with van der Waals surface area (Å²) in [6.45, 7) is 10.1. The van der Waals surface area contributed by atoms with Crippen LogP contribution >= 0.6 is 0 Å². The van der Waals surface area contributed by atoms with Gasteiger partial charge >= 0.3 is 0 Å². The minimum Gasteiger partial charge on any atom is -0.454 e. The van der Waals surface area contributed by atoms with Crippen molar-refractivity contribution in [3.63, 3.8) is 0 Å². The SMILES string of the molecule is CCNC(=NCc1nc(C)no1)N1CCN(Cc2ccc3c(c2)OCO3)CC1. The van der Waals surface area contributed by atoms with Gasteiger partial charge in [-0.15, -0.1) is 0 Å². The van der Waals surface area contributed by atoms with E-state index in [0.717, 1.165) is 56.7 Å². The highest BCUT2D eigenvalue weighted by Crippen LogP contribution is 2.32. The van der Waals surface area contributed by atoms with Crippen LogP contribution < -0.4 is 14.8 Å². The largest absolute Gasteiger partial charge is 0.454 e. The molecule has 1 N–H and O–H groups in total. The quantitative estimate of drug-likeness (QED) is 0.609. The van der Waals surface area contributed by atoms with Crippen molar-refractivity contribution >= 4 is 5.96 Å². The Morgan fingerprint density at radius 3 is 2.75 bits per heavy atom. The maximum atomic E-state index is 5.48. The maximum absolute atomic E-state index is 5.48. The number of aromatic nitrogens is 2. The van der Waals surface area contributed by atoms with Crippen molar-refractivity contribution < 1.29 is 14.0 Å². The molecular formula is C19H26N6O3. The lowest BCUT2D eigenvalue weighted by Gasteiger charge is -2.36. The predicted molar refractivity (Wildman–Crippen MR) is 103 cm³/mol. The predicted octanol–water partition coefficient (Wildman–Crippen LogP) is 1.39. The van der Waals surface area contributed by atoms with Crippen LogP contribution in [0.3, 0.4) is 0 Å². The van der Waals surface area contributed by atoms with Crippen LogP contribution in [-0.4, -0.2) is 65.4 Å². The number of rotatable bonds is 5. The van der Waals surface area contributed by atoms with Crippen LogP contribution in [0.1, 0.15) is 24.2 Å². The average molecular weight is 386 g/mol. The number of ether oxygens (including phenoxy) is 2. The van der Waals surface area contributed by atoms with Gasteiger partial charge in [0.2, 0.25) is 12.7 Å². The fourth-order valence-electron chi connectivity index (χ4n) is 3.39. The van der Waals surface area contributed by atoms with Crippen molar-refractivity contribution in [2.45, 2.75) is 26.9 Å². The van der Waals surface area contributed by atoms with Crippen molar-refractivity contribution in [2.75, 3.05) is 39.5 Å². The van der Waals surface area contributed by atoms with Crippen LogP contribution in [-0.2, 0) is 13.1 Å². The number of hydrogen-bond acceptors (Lipinski definition) is 7. The van der Waals surface area contributed by atoms with Crippen LogP contribution in [0.25, 0.3) is 0 Å². The van der Waals surface area contributed by atoms with Crippen molar-refractivity contribution in [3.8, 4) is 11.5 Å². The van der Waals surface area contributed by atoms with Gasteiger partial charge in [0.05, 0.1) is 0 Å². The molecule has 9 nitrogen and oxygen atoms in total. The van der Waals surface area contributed by atoms with Gasteiger partial charge in [0.25, 0.3) is 0 Å². The zero-order chi connectivity index (χ0) is 19.3. The lowest BCUT2D eigenvalue weighted by atomic mass is 10.1. The first-order chi connectivity index (χ1) is 13.7. The molecule has 1 saturated heterocycles. The lowest BCUT2D eigenvalue weighted by Crippen LogP contribution is -2.52. The molecule has 9 heteroatoms. The molecule has 0 bridgehead atoms. The highest BCUT2D eigenvalue weighted by Gasteiger charge is 2.21. The Labute approximate surface area is 164 Å². The van der Waals surface area contributed by atoms with Crippen LogP contribution in [0.4, 0.5) is 0 Å². The second kappa shape index (κ2) is 8.47. The summed E-state index contributed by atoms with van der Waals surface area (Å²) < 4.78 is 16.0. The maximum Gasteiger partial charge on any atom is 0.248 e. The number of aliphatic imine (C=N–C) groups is 1. The van der Waals surface area contributed by atoms with Crippen LogP contribution in [0.5, 0.6) is 11.5 Å². The molecule has 4 rings (SSSR count). The number of nitrogens with one attached hydrogen (secondary N) is 1. The molecule has 1 aromatic carbocycles. The molecular weight excluding hydrogens is 360 g/mol. The molecule has 0 atom stereocenters. The van der Waals surface area contributed by atoms with Crippen LogP contribution in [0.2, 0.25) is 0 Å². The fraction of sp³-hybridized carbons (Fsp3) is 0.526. The Kier molecular flexibility index (Phi) is 5.61. The molecule has 2 aliphatic rings. The Balaban J connectivity index is 1.32. The molecule has 0 radical (unpaired) electrons. The van der Waals surface area contributed by atoms with E-state index in [0.29, 0.717) is 25.1 Å². The molecule has 0 unspecified atom stereocenters. The molecule has 28 heavy (non-hydrogen) atoms. The smallest absolute Gasteiger partial charge is 0.248 e.